The second-order valence-electron chi connectivity index (χ2n) is 8.58. The molecule has 0 aromatic carbocycles. The van der Waals surface area contributed by atoms with Crippen LogP contribution in [0.15, 0.2) is 0 Å². The highest BCUT2D eigenvalue weighted by molar-refractivity contribution is 7.87. The topological polar surface area (TPSA) is 61.9 Å². The van der Waals surface area contributed by atoms with Crippen molar-refractivity contribution >= 4 is 10.2 Å². The normalized spacial score (nSPS) is 18.4. The SMILES string of the molecule is CC(C)CCN(CCC(C)C)S(=O)(=O)NCC(C(C)C)N1CCOCC1. The Hall–Kier alpha value is -0.210. The van der Waals surface area contributed by atoms with Crippen LogP contribution in [0.2, 0.25) is 0 Å². The van der Waals surface area contributed by atoms with E-state index in [1.54, 1.807) is 4.31 Å². The van der Waals surface area contributed by atoms with E-state index in [-0.39, 0.29) is 6.04 Å². The molecule has 1 fully saturated rings. The lowest BCUT2D eigenvalue weighted by atomic mass is 10.0. The van der Waals surface area contributed by atoms with Crippen LogP contribution in [-0.2, 0) is 14.9 Å². The maximum Gasteiger partial charge on any atom is 0.279 e. The summed E-state index contributed by atoms with van der Waals surface area (Å²) >= 11 is 0. The van der Waals surface area contributed by atoms with Gasteiger partial charge in [-0.3, -0.25) is 4.90 Å². The van der Waals surface area contributed by atoms with E-state index in [0.717, 1.165) is 39.1 Å². The molecule has 1 aliphatic rings. The molecule has 0 amide bonds. The lowest BCUT2D eigenvalue weighted by molar-refractivity contribution is 0.00768. The summed E-state index contributed by atoms with van der Waals surface area (Å²) in [7, 11) is -3.46. The van der Waals surface area contributed by atoms with Crippen LogP contribution in [0.5, 0.6) is 0 Å². The third-order valence-electron chi connectivity index (χ3n) is 5.01. The van der Waals surface area contributed by atoms with E-state index in [1.807, 2.05) is 0 Å². The molecule has 1 aliphatic heterocycles. The van der Waals surface area contributed by atoms with Crippen LogP contribution in [0.4, 0.5) is 0 Å². The number of hydrogen-bond acceptors (Lipinski definition) is 4. The molecule has 0 bridgehead atoms. The van der Waals surface area contributed by atoms with Crippen molar-refractivity contribution in [2.45, 2.75) is 60.4 Å². The monoisotopic (exact) mass is 391 g/mol. The van der Waals surface area contributed by atoms with Gasteiger partial charge in [-0.25, -0.2) is 4.72 Å². The predicted octanol–water partition coefficient (Wildman–Crippen LogP) is 2.57. The molecular formula is C19H41N3O3S. The molecule has 0 spiro atoms. The largest absolute Gasteiger partial charge is 0.379 e. The lowest BCUT2D eigenvalue weighted by Gasteiger charge is -2.37. The first kappa shape index (κ1) is 23.8. The Bertz CT molecular complexity index is 462. The van der Waals surface area contributed by atoms with Crippen molar-refractivity contribution < 1.29 is 13.2 Å². The Balaban J connectivity index is 2.72. The van der Waals surface area contributed by atoms with Gasteiger partial charge in [0.25, 0.3) is 10.2 Å². The molecule has 0 radical (unpaired) electrons. The van der Waals surface area contributed by atoms with Crippen LogP contribution < -0.4 is 4.72 Å². The number of hydrogen-bond donors (Lipinski definition) is 1. The van der Waals surface area contributed by atoms with Crippen molar-refractivity contribution in [2.75, 3.05) is 45.9 Å². The first-order chi connectivity index (χ1) is 12.1. The van der Waals surface area contributed by atoms with E-state index in [1.165, 1.54) is 0 Å². The number of ether oxygens (including phenoxy) is 1. The molecule has 1 rings (SSSR count). The molecule has 156 valence electrons. The molecule has 0 aromatic rings. The minimum absolute atomic E-state index is 0.200. The first-order valence-electron chi connectivity index (χ1n) is 10.2. The minimum Gasteiger partial charge on any atom is -0.379 e. The summed E-state index contributed by atoms with van der Waals surface area (Å²) in [5, 5.41) is 0. The van der Waals surface area contributed by atoms with Gasteiger partial charge in [0, 0.05) is 38.8 Å². The van der Waals surface area contributed by atoms with Gasteiger partial charge in [0.2, 0.25) is 0 Å². The summed E-state index contributed by atoms with van der Waals surface area (Å²) in [4.78, 5) is 2.35. The maximum atomic E-state index is 12.9. The zero-order valence-corrected chi connectivity index (χ0v) is 18.5. The highest BCUT2D eigenvalue weighted by Gasteiger charge is 2.28. The summed E-state index contributed by atoms with van der Waals surface area (Å²) in [6.45, 7) is 17.7. The standard InChI is InChI=1S/C19H41N3O3S/c1-16(2)7-9-22(10-8-17(3)4)26(23,24)20-15-19(18(5)6)21-11-13-25-14-12-21/h16-20H,7-15H2,1-6H3. The van der Waals surface area contributed by atoms with Gasteiger partial charge < -0.3 is 4.74 Å². The average Bonchev–Trinajstić information content (AvgIpc) is 2.54. The highest BCUT2D eigenvalue weighted by Crippen LogP contribution is 2.14. The third-order valence-corrected chi connectivity index (χ3v) is 6.59. The summed E-state index contributed by atoms with van der Waals surface area (Å²) in [6, 6.07) is 0.200. The smallest absolute Gasteiger partial charge is 0.279 e. The zero-order valence-electron chi connectivity index (χ0n) is 17.7. The zero-order chi connectivity index (χ0) is 19.7. The molecule has 1 unspecified atom stereocenters. The molecule has 0 aliphatic carbocycles. The molecule has 1 heterocycles. The van der Waals surface area contributed by atoms with Crippen LogP contribution in [0.1, 0.15) is 54.4 Å². The van der Waals surface area contributed by atoms with E-state index in [2.05, 4.69) is 51.2 Å². The predicted molar refractivity (Wildman–Crippen MR) is 108 cm³/mol. The van der Waals surface area contributed by atoms with Crippen LogP contribution in [0.3, 0.4) is 0 Å². The van der Waals surface area contributed by atoms with Gasteiger partial charge in [-0.15, -0.1) is 0 Å². The van der Waals surface area contributed by atoms with Gasteiger partial charge >= 0.3 is 0 Å². The maximum absolute atomic E-state index is 12.9. The molecule has 1 saturated heterocycles. The third kappa shape index (κ3) is 8.65. The average molecular weight is 392 g/mol. The molecule has 6 nitrogen and oxygen atoms in total. The van der Waals surface area contributed by atoms with Crippen LogP contribution in [-0.4, -0.2) is 69.6 Å². The van der Waals surface area contributed by atoms with Crippen molar-refractivity contribution in [2.24, 2.45) is 17.8 Å². The molecule has 0 aromatic heterocycles. The van der Waals surface area contributed by atoms with Gasteiger partial charge in [0.15, 0.2) is 0 Å². The molecule has 1 atom stereocenters. The van der Waals surface area contributed by atoms with Crippen molar-refractivity contribution in [1.29, 1.82) is 0 Å². The van der Waals surface area contributed by atoms with Crippen molar-refractivity contribution in [3.8, 4) is 0 Å². The van der Waals surface area contributed by atoms with E-state index in [4.69, 9.17) is 4.74 Å². The Morgan fingerprint density at radius 3 is 1.88 bits per heavy atom. The molecule has 26 heavy (non-hydrogen) atoms. The lowest BCUT2D eigenvalue weighted by Crippen LogP contribution is -2.53. The van der Waals surface area contributed by atoms with Gasteiger partial charge in [-0.05, 0) is 30.6 Å². The summed E-state index contributed by atoms with van der Waals surface area (Å²) in [6.07, 6.45) is 1.77. The molecule has 7 heteroatoms. The van der Waals surface area contributed by atoms with Gasteiger partial charge in [-0.1, -0.05) is 41.5 Å². The molecule has 1 N–H and O–H groups in total. The van der Waals surface area contributed by atoms with E-state index < -0.39 is 10.2 Å². The summed E-state index contributed by atoms with van der Waals surface area (Å²) in [5.41, 5.74) is 0. The Morgan fingerprint density at radius 2 is 1.46 bits per heavy atom. The number of rotatable bonds is 12. The Kier molecular flexibility index (Phi) is 10.6. The second-order valence-corrected chi connectivity index (χ2v) is 10.3. The number of nitrogens with one attached hydrogen (secondary N) is 1. The number of nitrogens with zero attached hydrogens (tertiary/aromatic N) is 2. The van der Waals surface area contributed by atoms with E-state index >= 15 is 0 Å². The Labute approximate surface area is 161 Å². The van der Waals surface area contributed by atoms with Crippen molar-refractivity contribution in [3.63, 3.8) is 0 Å². The molecular weight excluding hydrogens is 350 g/mol. The fraction of sp³-hybridized carbons (Fsp3) is 1.00. The fourth-order valence-electron chi connectivity index (χ4n) is 3.13. The molecule has 0 saturated carbocycles. The Morgan fingerprint density at radius 1 is 0.962 bits per heavy atom. The van der Waals surface area contributed by atoms with Crippen LogP contribution in [0.25, 0.3) is 0 Å². The van der Waals surface area contributed by atoms with Crippen LogP contribution >= 0.6 is 0 Å². The van der Waals surface area contributed by atoms with Gasteiger partial charge in [0.1, 0.15) is 0 Å². The van der Waals surface area contributed by atoms with Crippen LogP contribution in [0, 0.1) is 17.8 Å². The van der Waals surface area contributed by atoms with E-state index in [9.17, 15) is 8.42 Å². The van der Waals surface area contributed by atoms with Gasteiger partial charge in [0.05, 0.1) is 13.2 Å². The quantitative estimate of drug-likeness (QED) is 0.555. The van der Waals surface area contributed by atoms with Crippen molar-refractivity contribution in [3.05, 3.63) is 0 Å². The summed E-state index contributed by atoms with van der Waals surface area (Å²) in [5.74, 6) is 1.36. The second kappa shape index (κ2) is 11.6. The first-order valence-corrected chi connectivity index (χ1v) is 11.6. The summed E-state index contributed by atoms with van der Waals surface area (Å²) < 4.78 is 35.9. The number of morpholine rings is 1. The van der Waals surface area contributed by atoms with Crippen molar-refractivity contribution in [1.82, 2.24) is 13.9 Å². The van der Waals surface area contributed by atoms with E-state index in [0.29, 0.717) is 37.4 Å². The highest BCUT2D eigenvalue weighted by atomic mass is 32.2. The fourth-order valence-corrected chi connectivity index (χ4v) is 4.39. The van der Waals surface area contributed by atoms with Gasteiger partial charge in [-0.2, -0.15) is 12.7 Å². The minimum atomic E-state index is -3.46.